The summed E-state index contributed by atoms with van der Waals surface area (Å²) in [5.41, 5.74) is 0.865. The molecule has 1 aromatic rings. The van der Waals surface area contributed by atoms with Crippen molar-refractivity contribution in [3.8, 4) is 0 Å². The highest BCUT2D eigenvalue weighted by atomic mass is 19.1. The zero-order valence-electron chi connectivity index (χ0n) is 8.21. The van der Waals surface area contributed by atoms with Gasteiger partial charge in [-0.2, -0.15) is 4.39 Å². The molecule has 0 unspecified atom stereocenters. The highest BCUT2D eigenvalue weighted by Crippen LogP contribution is 2.07. The second-order valence-electron chi connectivity index (χ2n) is 2.88. The molecule has 0 aliphatic rings. The van der Waals surface area contributed by atoms with Gasteiger partial charge in [-0.15, -0.1) is 0 Å². The number of esters is 1. The zero-order valence-corrected chi connectivity index (χ0v) is 8.21. The van der Waals surface area contributed by atoms with E-state index in [4.69, 9.17) is 4.74 Å². The first kappa shape index (κ1) is 10.6. The number of hydrogen-bond donors (Lipinski definition) is 0. The van der Waals surface area contributed by atoms with Crippen molar-refractivity contribution in [1.29, 1.82) is 0 Å². The summed E-state index contributed by atoms with van der Waals surface area (Å²) < 4.78 is 17.8. The highest BCUT2D eigenvalue weighted by molar-refractivity contribution is 5.72. The summed E-state index contributed by atoms with van der Waals surface area (Å²) in [7, 11) is 0. The Morgan fingerprint density at radius 1 is 1.57 bits per heavy atom. The number of nitrogens with zero attached hydrogens (tertiary/aromatic N) is 1. The quantitative estimate of drug-likeness (QED) is 0.546. The number of hydrogen-bond acceptors (Lipinski definition) is 3. The summed E-state index contributed by atoms with van der Waals surface area (Å²) in [6.45, 7) is 3.71. The highest BCUT2D eigenvalue weighted by Gasteiger charge is 2.09. The van der Waals surface area contributed by atoms with E-state index in [0.717, 1.165) is 0 Å². The first-order valence-corrected chi connectivity index (χ1v) is 4.41. The zero-order chi connectivity index (χ0) is 10.6. The van der Waals surface area contributed by atoms with Gasteiger partial charge in [0.25, 0.3) is 0 Å². The lowest BCUT2D eigenvalue weighted by Gasteiger charge is -2.03. The minimum atomic E-state index is -0.599. The standard InChI is InChI=1S/C10H12FNO2/c1-3-14-9(13)6-8-5-4-7(2)12-10(8)11/h4-5H,3,6H2,1-2H3. The molecule has 0 aromatic carbocycles. The molecule has 0 spiro atoms. The Bertz CT molecular complexity index is 339. The monoisotopic (exact) mass is 197 g/mol. The van der Waals surface area contributed by atoms with Crippen molar-refractivity contribution < 1.29 is 13.9 Å². The number of carbonyl (C=O) groups excluding carboxylic acids is 1. The Kier molecular flexibility index (Phi) is 3.56. The lowest BCUT2D eigenvalue weighted by molar-refractivity contribution is -0.142. The van der Waals surface area contributed by atoms with Crippen LogP contribution in [0.15, 0.2) is 12.1 Å². The van der Waals surface area contributed by atoms with Crippen LogP contribution in [0.1, 0.15) is 18.2 Å². The van der Waals surface area contributed by atoms with Crippen LogP contribution in [0.3, 0.4) is 0 Å². The van der Waals surface area contributed by atoms with Gasteiger partial charge in [0.1, 0.15) is 0 Å². The van der Waals surface area contributed by atoms with Crippen molar-refractivity contribution >= 4 is 5.97 Å². The number of aromatic nitrogens is 1. The number of rotatable bonds is 3. The molecular weight excluding hydrogens is 185 g/mol. The topological polar surface area (TPSA) is 39.2 Å². The van der Waals surface area contributed by atoms with Crippen molar-refractivity contribution in [3.05, 3.63) is 29.3 Å². The average molecular weight is 197 g/mol. The van der Waals surface area contributed by atoms with Gasteiger partial charge in [0.15, 0.2) is 0 Å². The molecule has 0 N–H and O–H groups in total. The fourth-order valence-corrected chi connectivity index (χ4v) is 1.05. The molecule has 0 saturated carbocycles. The van der Waals surface area contributed by atoms with Crippen LogP contribution in [0.4, 0.5) is 4.39 Å². The van der Waals surface area contributed by atoms with E-state index in [-0.39, 0.29) is 12.0 Å². The molecular formula is C10H12FNO2. The minimum Gasteiger partial charge on any atom is -0.466 e. The number of ether oxygens (including phenoxy) is 1. The summed E-state index contributed by atoms with van der Waals surface area (Å²) in [5, 5.41) is 0. The molecule has 0 aliphatic heterocycles. The molecule has 1 aromatic heterocycles. The third kappa shape index (κ3) is 2.80. The van der Waals surface area contributed by atoms with Crippen molar-refractivity contribution in [2.75, 3.05) is 6.61 Å². The van der Waals surface area contributed by atoms with Gasteiger partial charge in [0.05, 0.1) is 13.0 Å². The molecule has 0 fully saturated rings. The predicted octanol–water partition coefficient (Wildman–Crippen LogP) is 1.63. The molecule has 3 nitrogen and oxygen atoms in total. The van der Waals surface area contributed by atoms with Crippen molar-refractivity contribution in [1.82, 2.24) is 4.98 Å². The van der Waals surface area contributed by atoms with Crippen LogP contribution in [0.25, 0.3) is 0 Å². The van der Waals surface area contributed by atoms with Gasteiger partial charge in [-0.05, 0) is 19.9 Å². The number of carbonyl (C=O) groups is 1. The molecule has 1 rings (SSSR count). The summed E-state index contributed by atoms with van der Waals surface area (Å²) >= 11 is 0. The Labute approximate surface area is 81.9 Å². The van der Waals surface area contributed by atoms with Gasteiger partial charge < -0.3 is 4.74 Å². The number of pyridine rings is 1. The van der Waals surface area contributed by atoms with Crippen molar-refractivity contribution in [2.45, 2.75) is 20.3 Å². The maximum absolute atomic E-state index is 13.1. The normalized spacial score (nSPS) is 9.93. The molecule has 0 atom stereocenters. The van der Waals surface area contributed by atoms with Gasteiger partial charge >= 0.3 is 5.97 Å². The van der Waals surface area contributed by atoms with E-state index < -0.39 is 11.9 Å². The van der Waals surface area contributed by atoms with Gasteiger partial charge in [-0.25, -0.2) is 4.98 Å². The van der Waals surface area contributed by atoms with Gasteiger partial charge in [0, 0.05) is 11.3 Å². The van der Waals surface area contributed by atoms with Crippen LogP contribution >= 0.6 is 0 Å². The lowest BCUT2D eigenvalue weighted by atomic mass is 10.2. The van der Waals surface area contributed by atoms with Gasteiger partial charge in [0.2, 0.25) is 5.95 Å². The summed E-state index contributed by atoms with van der Waals surface area (Å²) in [6, 6.07) is 3.21. The summed E-state index contributed by atoms with van der Waals surface area (Å²) in [6.07, 6.45) is -0.0625. The SMILES string of the molecule is CCOC(=O)Cc1ccc(C)nc1F. The van der Waals surface area contributed by atoms with E-state index >= 15 is 0 Å². The fraction of sp³-hybridized carbons (Fsp3) is 0.400. The molecule has 14 heavy (non-hydrogen) atoms. The van der Waals surface area contributed by atoms with E-state index in [9.17, 15) is 9.18 Å². The first-order valence-electron chi connectivity index (χ1n) is 4.41. The molecule has 0 bridgehead atoms. The van der Waals surface area contributed by atoms with E-state index in [0.29, 0.717) is 12.3 Å². The number of halogens is 1. The van der Waals surface area contributed by atoms with E-state index in [1.807, 2.05) is 0 Å². The van der Waals surface area contributed by atoms with Crippen LogP contribution in [-0.2, 0) is 16.0 Å². The molecule has 0 amide bonds. The molecule has 0 aliphatic carbocycles. The van der Waals surface area contributed by atoms with Gasteiger partial charge in [-0.1, -0.05) is 6.07 Å². The average Bonchev–Trinajstić information content (AvgIpc) is 2.10. The summed E-state index contributed by atoms with van der Waals surface area (Å²) in [4.78, 5) is 14.6. The van der Waals surface area contributed by atoms with E-state index in [1.165, 1.54) is 0 Å². The maximum atomic E-state index is 13.1. The van der Waals surface area contributed by atoms with Crippen LogP contribution in [0, 0.1) is 12.9 Å². The molecule has 76 valence electrons. The van der Waals surface area contributed by atoms with Gasteiger partial charge in [-0.3, -0.25) is 4.79 Å². The lowest BCUT2D eigenvalue weighted by Crippen LogP contribution is -2.09. The number of aryl methyl sites for hydroxylation is 1. The predicted molar refractivity (Wildman–Crippen MR) is 49.3 cm³/mol. The maximum Gasteiger partial charge on any atom is 0.310 e. The summed E-state index contributed by atoms with van der Waals surface area (Å²) in [5.74, 6) is -1.03. The Hall–Kier alpha value is -1.45. The first-order chi connectivity index (χ1) is 6.63. The Balaban J connectivity index is 2.72. The van der Waals surface area contributed by atoms with E-state index in [2.05, 4.69) is 4.98 Å². The Morgan fingerprint density at radius 3 is 2.86 bits per heavy atom. The van der Waals surface area contributed by atoms with Crippen molar-refractivity contribution in [2.24, 2.45) is 0 Å². The molecule has 0 radical (unpaired) electrons. The Morgan fingerprint density at radius 2 is 2.29 bits per heavy atom. The van der Waals surface area contributed by atoms with Crippen LogP contribution in [-0.4, -0.2) is 17.6 Å². The second-order valence-corrected chi connectivity index (χ2v) is 2.88. The van der Waals surface area contributed by atoms with Crippen LogP contribution in [0.5, 0.6) is 0 Å². The largest absolute Gasteiger partial charge is 0.466 e. The molecule has 0 saturated heterocycles. The van der Waals surface area contributed by atoms with Crippen LogP contribution in [0.2, 0.25) is 0 Å². The fourth-order valence-electron chi connectivity index (χ4n) is 1.05. The third-order valence-corrected chi connectivity index (χ3v) is 1.71. The van der Waals surface area contributed by atoms with Crippen LogP contribution < -0.4 is 0 Å². The minimum absolute atomic E-state index is 0.0625. The second kappa shape index (κ2) is 4.69. The smallest absolute Gasteiger partial charge is 0.310 e. The third-order valence-electron chi connectivity index (χ3n) is 1.71. The molecule has 4 heteroatoms. The van der Waals surface area contributed by atoms with Crippen molar-refractivity contribution in [3.63, 3.8) is 0 Å². The van der Waals surface area contributed by atoms with E-state index in [1.54, 1.807) is 26.0 Å². The molecule has 1 heterocycles.